The number of rotatable bonds is 17. The summed E-state index contributed by atoms with van der Waals surface area (Å²) in [5.74, 6) is 5.86. The van der Waals surface area contributed by atoms with Crippen molar-refractivity contribution >= 4 is 78.1 Å². The third kappa shape index (κ3) is 24.1. The summed E-state index contributed by atoms with van der Waals surface area (Å²) in [5, 5.41) is 67.2. The Balaban J connectivity index is 0.000000269. The van der Waals surface area contributed by atoms with Gasteiger partial charge in [0.2, 0.25) is 0 Å². The second kappa shape index (κ2) is 40.6. The lowest BCUT2D eigenvalue weighted by molar-refractivity contribution is -0.270. The van der Waals surface area contributed by atoms with E-state index in [9.17, 15) is 44.7 Å². The van der Waals surface area contributed by atoms with E-state index in [4.69, 9.17) is 24.1 Å². The molecule has 0 amide bonds. The van der Waals surface area contributed by atoms with Crippen LogP contribution < -0.4 is 34.3 Å². The molecule has 0 spiro atoms. The van der Waals surface area contributed by atoms with Crippen molar-refractivity contribution in [1.82, 2.24) is 0 Å². The molecule has 3 N–H and O–H groups in total. The molecule has 0 saturated carbocycles. The monoisotopic (exact) mass is 1440 g/mol. The van der Waals surface area contributed by atoms with Crippen LogP contribution in [0.4, 0.5) is 0 Å². The predicted octanol–water partition coefficient (Wildman–Crippen LogP) is 18.2. The Morgan fingerprint density at radius 2 is 0.792 bits per heavy atom. The standard InChI is InChI=1S/C34H36O6S.C26H32O6S.C10H12OS.C6H6O.2C3H8.C2H6/c1-5-34(4,21-33(2,3)31(37)39-27-15-9-11-22-23(27)12-8-14-25(22)35)32(38)40-28-16-10-13-24-26(36)17-18-29(30(24)28)41-19-6-7-20-41;1-5-26(4,24(30)31-21-11-7-6-10-19(21)27)17-25(2,3)23(29)32-22-16-18(12-13-20(22)28)33-14-8-9-15-33;11-9-3-5-10(6-4-9)12-7-1-2-8-12;7-6-4-2-1-3-5-6;2*1-3-2;1-2/h8-18H,5-7,19-21H2,1-4H3,(H-,35,36);6-7,10-13,16H,5,8-9,14-15,17H2,1-4H3,(H-,27,28);3-6H,1-2,7-8H2;1-5,7H;2*3H2,1-2H3;1-2H3. The Bertz CT molecular complexity index is 3890. The summed E-state index contributed by atoms with van der Waals surface area (Å²) in [4.78, 5) is 56.9. The van der Waals surface area contributed by atoms with Crippen LogP contribution in [0.3, 0.4) is 0 Å². The average molecular weight is 1440 g/mol. The minimum atomic E-state index is -1.05. The van der Waals surface area contributed by atoms with Gasteiger partial charge in [-0.25, -0.2) is 0 Å². The number of carbonyl (C=O) groups excluding carboxylic acids is 4. The number of benzene rings is 8. The fraction of sp³-hybridized carbons (Fsp3) is 0.429. The quantitative estimate of drug-likeness (QED) is 0.0437. The maximum Gasteiger partial charge on any atom is 0.317 e. The van der Waals surface area contributed by atoms with Crippen LogP contribution in [0.25, 0.3) is 21.5 Å². The van der Waals surface area contributed by atoms with Crippen LogP contribution in [0.2, 0.25) is 0 Å². The first-order chi connectivity index (χ1) is 48.2. The van der Waals surface area contributed by atoms with Gasteiger partial charge in [0, 0.05) is 49.5 Å². The highest BCUT2D eigenvalue weighted by Crippen LogP contribution is 2.45. The molecule has 2 unspecified atom stereocenters. The summed E-state index contributed by atoms with van der Waals surface area (Å²) >= 11 is 0. The van der Waals surface area contributed by atoms with E-state index in [1.54, 1.807) is 150 Å². The molecule has 3 saturated heterocycles. The van der Waals surface area contributed by atoms with Gasteiger partial charge >= 0.3 is 23.9 Å². The summed E-state index contributed by atoms with van der Waals surface area (Å²) in [6.45, 7) is 26.7. The summed E-state index contributed by atoms with van der Waals surface area (Å²) in [7, 11) is 0.578. The normalized spacial score (nSPS) is 14.8. The molecule has 8 aromatic carbocycles. The zero-order chi connectivity index (χ0) is 74.5. The van der Waals surface area contributed by atoms with E-state index in [0.717, 1.165) is 51.0 Å². The van der Waals surface area contributed by atoms with Gasteiger partial charge in [-0.05, 0) is 178 Å². The number of phenolic OH excluding ortho intramolecular Hbond substituents is 3. The number of aromatic hydroxyl groups is 3. The van der Waals surface area contributed by atoms with Crippen molar-refractivity contribution in [3.8, 4) is 57.5 Å². The van der Waals surface area contributed by atoms with Crippen LogP contribution in [0.1, 0.15) is 174 Å². The lowest BCUT2D eigenvalue weighted by Gasteiger charge is -2.33. The second-order valence-corrected chi connectivity index (χ2v) is 33.8. The van der Waals surface area contributed by atoms with Crippen molar-refractivity contribution in [3.05, 3.63) is 164 Å². The van der Waals surface area contributed by atoms with Crippen molar-refractivity contribution in [2.45, 2.75) is 189 Å². The summed E-state index contributed by atoms with van der Waals surface area (Å²) in [6, 6.07) is 46.4. The smallest absolute Gasteiger partial charge is 0.317 e. The number of hydrogen-bond donors (Lipinski definition) is 3. The van der Waals surface area contributed by atoms with Crippen LogP contribution in [-0.4, -0.2) is 73.7 Å². The Labute approximate surface area is 609 Å². The third-order valence-electron chi connectivity index (χ3n) is 17.3. The molecule has 2 atom stereocenters. The molecule has 8 aromatic rings. The fourth-order valence-electron chi connectivity index (χ4n) is 11.7. The van der Waals surface area contributed by atoms with Crippen LogP contribution in [0, 0.1) is 21.7 Å². The van der Waals surface area contributed by atoms with Crippen molar-refractivity contribution in [2.75, 3.05) is 34.5 Å². The molecule has 3 aliphatic heterocycles. The maximum atomic E-state index is 13.8. The summed E-state index contributed by atoms with van der Waals surface area (Å²) in [5.41, 5.74) is -4.08. The minimum Gasteiger partial charge on any atom is -0.872 e. The summed E-state index contributed by atoms with van der Waals surface area (Å²) < 4.78 is 23.0. The summed E-state index contributed by atoms with van der Waals surface area (Å²) in [6.07, 6.45) is 11.1. The third-order valence-corrected chi connectivity index (χ3v) is 24.9. The maximum absolute atomic E-state index is 13.8. The van der Waals surface area contributed by atoms with Gasteiger partial charge in [-0.1, -0.05) is 165 Å². The van der Waals surface area contributed by atoms with Gasteiger partial charge in [-0.3, -0.25) is 19.2 Å². The molecular formula is C84H108O14S3. The number of ether oxygens (including phenoxy) is 4. The highest BCUT2D eigenvalue weighted by molar-refractivity contribution is 7.97. The number of esters is 4. The van der Waals surface area contributed by atoms with E-state index in [0.29, 0.717) is 57.1 Å². The first-order valence-corrected chi connectivity index (χ1v) is 40.3. The topological polar surface area (TPSA) is 235 Å². The zero-order valence-corrected chi connectivity index (χ0v) is 64.3. The number of carbonyl (C=O) groups is 4. The Hall–Kier alpha value is -7.99. The van der Waals surface area contributed by atoms with E-state index in [-0.39, 0.29) is 74.9 Å². The number of fused-ring (bicyclic) bond motifs is 2. The van der Waals surface area contributed by atoms with Gasteiger partial charge in [0.1, 0.15) is 63.3 Å². The van der Waals surface area contributed by atoms with Crippen molar-refractivity contribution < 1.29 is 68.8 Å². The lowest BCUT2D eigenvalue weighted by atomic mass is 9.72. The molecule has 3 heterocycles. The van der Waals surface area contributed by atoms with Gasteiger partial charge < -0.3 is 49.6 Å². The Morgan fingerprint density at radius 3 is 1.30 bits per heavy atom. The molecule has 3 aliphatic rings. The van der Waals surface area contributed by atoms with Crippen molar-refractivity contribution in [3.63, 3.8) is 0 Å². The SMILES string of the molecule is CC.CCC.CCC.CCC(C)(CC(C)(C)C(=O)Oc1cc([S+]2CCCC2)ccc1[O-])C(=O)Oc1ccccc1O.CCC(C)(CC(C)(C)C(=O)Oc1cccc2c(O)cccc12)C(=O)Oc1cccc2c([O-])ccc([S+]3CCCC3)c12.Oc1ccccc1.[O-]c1ccc([S+]2CCCC2)cc1. The van der Waals surface area contributed by atoms with Crippen molar-refractivity contribution in [2.24, 2.45) is 21.7 Å². The molecule has 11 rings (SSSR count). The first kappa shape index (κ1) is 83.7. The van der Waals surface area contributed by atoms with Gasteiger partial charge in [-0.2, -0.15) is 0 Å². The zero-order valence-electron chi connectivity index (χ0n) is 61.9. The largest absolute Gasteiger partial charge is 0.872 e. The van der Waals surface area contributed by atoms with Gasteiger partial charge in [0.25, 0.3) is 0 Å². The van der Waals surface area contributed by atoms with Gasteiger partial charge in [0.05, 0.1) is 27.0 Å². The van der Waals surface area contributed by atoms with Gasteiger partial charge in [-0.15, -0.1) is 11.5 Å². The van der Waals surface area contributed by atoms with Crippen LogP contribution in [-0.2, 0) is 51.9 Å². The van der Waals surface area contributed by atoms with E-state index in [1.807, 2.05) is 65.0 Å². The average Bonchev–Trinajstić information content (AvgIpc) is 1.43. The van der Waals surface area contributed by atoms with Crippen LogP contribution in [0.15, 0.2) is 178 Å². The molecule has 3 fully saturated rings. The fourth-order valence-corrected chi connectivity index (χ4v) is 18.8. The molecule has 17 heteroatoms. The molecular weight excluding hydrogens is 1330 g/mol. The number of phenols is 3. The molecule has 101 heavy (non-hydrogen) atoms. The van der Waals surface area contributed by atoms with E-state index in [2.05, 4.69) is 27.7 Å². The predicted molar refractivity (Wildman–Crippen MR) is 410 cm³/mol. The minimum absolute atomic E-state index is 0.0180. The highest BCUT2D eigenvalue weighted by atomic mass is 32.2. The lowest BCUT2D eigenvalue weighted by Crippen LogP contribution is -2.40. The number of para-hydroxylation sites is 3. The number of hydrogen-bond acceptors (Lipinski definition) is 14. The Morgan fingerprint density at radius 1 is 0.396 bits per heavy atom. The van der Waals surface area contributed by atoms with E-state index >= 15 is 0 Å². The molecule has 0 aromatic heterocycles. The molecule has 0 bridgehead atoms. The van der Waals surface area contributed by atoms with Crippen molar-refractivity contribution in [1.29, 1.82) is 0 Å². The van der Waals surface area contributed by atoms with E-state index < -0.39 is 45.5 Å². The second-order valence-electron chi connectivity index (χ2n) is 27.0. The molecule has 546 valence electrons. The van der Waals surface area contributed by atoms with E-state index in [1.165, 1.54) is 73.1 Å². The first-order valence-electron chi connectivity index (χ1n) is 35.6. The molecule has 0 radical (unpaired) electrons. The van der Waals surface area contributed by atoms with Crippen LogP contribution >= 0.6 is 0 Å². The highest BCUT2D eigenvalue weighted by Gasteiger charge is 2.46. The Kier molecular flexibility index (Phi) is 33.6. The molecule has 0 aliphatic carbocycles. The molecule has 14 nitrogen and oxygen atoms in total. The van der Waals surface area contributed by atoms with Crippen LogP contribution in [0.5, 0.6) is 57.5 Å². The van der Waals surface area contributed by atoms with Gasteiger partial charge in [0.15, 0.2) is 26.2 Å².